The van der Waals surface area contributed by atoms with Crippen molar-refractivity contribution < 1.29 is 14.3 Å². The number of nitrogens with zero attached hydrogens (tertiary/aromatic N) is 1. The first kappa shape index (κ1) is 16.9. The average Bonchev–Trinajstić information content (AvgIpc) is 2.13. The van der Waals surface area contributed by atoms with Crippen molar-refractivity contribution in [2.75, 3.05) is 14.1 Å². The lowest BCUT2D eigenvalue weighted by atomic mass is 9.97. The minimum absolute atomic E-state index is 0.169. The van der Waals surface area contributed by atoms with Gasteiger partial charge < -0.3 is 4.74 Å². The highest BCUT2D eigenvalue weighted by Gasteiger charge is 2.28. The predicted molar refractivity (Wildman–Crippen MR) is 71.3 cm³/mol. The largest absolute Gasteiger partial charge is 0.444 e. The summed E-state index contributed by atoms with van der Waals surface area (Å²) in [6.45, 7) is 9.28. The van der Waals surface area contributed by atoms with Crippen LogP contribution in [-0.4, -0.2) is 42.6 Å². The molecule has 0 aromatic carbocycles. The van der Waals surface area contributed by atoms with E-state index in [1.807, 2.05) is 32.8 Å². The van der Waals surface area contributed by atoms with Gasteiger partial charge in [0, 0.05) is 0 Å². The zero-order valence-corrected chi connectivity index (χ0v) is 12.5. The maximum absolute atomic E-state index is 12.0. The fourth-order valence-corrected chi connectivity index (χ4v) is 1.70. The number of rotatable bonds is 4. The molecule has 0 unspecified atom stereocenters. The van der Waals surface area contributed by atoms with E-state index in [1.54, 1.807) is 20.8 Å². The van der Waals surface area contributed by atoms with E-state index in [4.69, 9.17) is 4.74 Å². The van der Waals surface area contributed by atoms with Crippen LogP contribution in [0.2, 0.25) is 0 Å². The molecule has 2 amide bonds. The van der Waals surface area contributed by atoms with E-state index in [1.165, 1.54) is 0 Å². The Balaban J connectivity index is 4.58. The number of alkyl carbamates (subject to hydrolysis) is 1. The third-order valence-corrected chi connectivity index (χ3v) is 2.63. The molecule has 0 bridgehead atoms. The van der Waals surface area contributed by atoms with Gasteiger partial charge in [0.15, 0.2) is 0 Å². The predicted octanol–water partition coefficient (Wildman–Crippen LogP) is 2.01. The van der Waals surface area contributed by atoms with Gasteiger partial charge in [-0.3, -0.25) is 15.0 Å². The molecular formula is C13H26N2O3. The molecule has 0 aromatic heterocycles. The van der Waals surface area contributed by atoms with Gasteiger partial charge >= 0.3 is 6.09 Å². The van der Waals surface area contributed by atoms with E-state index in [-0.39, 0.29) is 17.9 Å². The summed E-state index contributed by atoms with van der Waals surface area (Å²) in [6.07, 6.45) is 0.174. The molecule has 0 saturated heterocycles. The second kappa shape index (κ2) is 6.73. The summed E-state index contributed by atoms with van der Waals surface area (Å²) in [7, 11) is 3.65. The normalized spacial score (nSPS) is 15.1. The van der Waals surface area contributed by atoms with E-state index in [0.717, 1.165) is 6.42 Å². The van der Waals surface area contributed by atoms with Crippen LogP contribution in [0.4, 0.5) is 4.79 Å². The lowest BCUT2D eigenvalue weighted by Crippen LogP contribution is -2.50. The highest BCUT2D eigenvalue weighted by atomic mass is 16.6. The molecule has 2 atom stereocenters. The Labute approximate surface area is 110 Å². The lowest BCUT2D eigenvalue weighted by molar-refractivity contribution is -0.126. The van der Waals surface area contributed by atoms with Crippen molar-refractivity contribution in [3.8, 4) is 0 Å². The molecule has 0 spiro atoms. The Morgan fingerprint density at radius 1 is 1.28 bits per heavy atom. The lowest BCUT2D eigenvalue weighted by Gasteiger charge is -2.28. The number of imide groups is 1. The molecule has 5 heteroatoms. The molecule has 0 saturated carbocycles. The van der Waals surface area contributed by atoms with Gasteiger partial charge in [-0.05, 0) is 40.8 Å². The first-order valence-electron chi connectivity index (χ1n) is 6.28. The zero-order chi connectivity index (χ0) is 14.5. The second-order valence-corrected chi connectivity index (χ2v) is 5.79. The first-order valence-corrected chi connectivity index (χ1v) is 6.28. The van der Waals surface area contributed by atoms with Crippen molar-refractivity contribution in [2.45, 2.75) is 52.7 Å². The topological polar surface area (TPSA) is 58.6 Å². The number of carbonyl (C=O) groups is 2. The third-order valence-electron chi connectivity index (χ3n) is 2.63. The van der Waals surface area contributed by atoms with Gasteiger partial charge in [0.1, 0.15) is 5.60 Å². The van der Waals surface area contributed by atoms with Crippen LogP contribution >= 0.6 is 0 Å². The second-order valence-electron chi connectivity index (χ2n) is 5.79. The van der Waals surface area contributed by atoms with E-state index in [9.17, 15) is 9.59 Å². The zero-order valence-electron chi connectivity index (χ0n) is 12.5. The smallest absolute Gasteiger partial charge is 0.414 e. The van der Waals surface area contributed by atoms with Crippen LogP contribution in [0, 0.1) is 5.92 Å². The number of carbonyl (C=O) groups excluding carboxylic acids is 2. The Kier molecular flexibility index (Phi) is 6.32. The molecule has 0 rings (SSSR count). The summed E-state index contributed by atoms with van der Waals surface area (Å²) in [5.41, 5.74) is -0.603. The van der Waals surface area contributed by atoms with Crippen LogP contribution in [0.5, 0.6) is 0 Å². The van der Waals surface area contributed by atoms with E-state index in [2.05, 4.69) is 5.32 Å². The average molecular weight is 258 g/mol. The molecular weight excluding hydrogens is 232 g/mol. The minimum Gasteiger partial charge on any atom is -0.444 e. The fraction of sp³-hybridized carbons (Fsp3) is 0.846. The van der Waals surface area contributed by atoms with Gasteiger partial charge in [0.25, 0.3) is 0 Å². The molecule has 0 heterocycles. The molecule has 0 aliphatic carbocycles. The molecule has 0 aliphatic rings. The Hall–Kier alpha value is -1.10. The summed E-state index contributed by atoms with van der Waals surface area (Å²) in [5, 5.41) is 2.29. The van der Waals surface area contributed by atoms with Gasteiger partial charge in [0.2, 0.25) is 5.91 Å². The molecule has 18 heavy (non-hydrogen) atoms. The number of nitrogens with one attached hydrogen (secondary N) is 1. The number of hydrogen-bond acceptors (Lipinski definition) is 4. The Morgan fingerprint density at radius 3 is 2.11 bits per heavy atom. The number of likely N-dealkylation sites (N-methyl/N-ethyl adjacent to an activating group) is 1. The SMILES string of the molecule is CC[C@H](C)[C@@H](C(=O)NC(=O)OC(C)(C)C)N(C)C. The highest BCUT2D eigenvalue weighted by molar-refractivity contribution is 5.95. The number of hydrogen-bond donors (Lipinski definition) is 1. The third kappa shape index (κ3) is 6.00. The maximum Gasteiger partial charge on any atom is 0.414 e. The van der Waals surface area contributed by atoms with Crippen molar-refractivity contribution in [3.05, 3.63) is 0 Å². The first-order chi connectivity index (χ1) is 8.08. The van der Waals surface area contributed by atoms with Crippen LogP contribution in [0.15, 0.2) is 0 Å². The molecule has 0 aliphatic heterocycles. The summed E-state index contributed by atoms with van der Waals surface area (Å²) >= 11 is 0. The van der Waals surface area contributed by atoms with Crippen molar-refractivity contribution in [1.29, 1.82) is 0 Å². The standard InChI is InChI=1S/C13H26N2O3/c1-8-9(2)10(15(6)7)11(16)14-12(17)18-13(3,4)5/h9-10H,8H2,1-7H3,(H,14,16,17)/t9-,10-/m0/s1. The van der Waals surface area contributed by atoms with E-state index in [0.29, 0.717) is 0 Å². The fourth-order valence-electron chi connectivity index (χ4n) is 1.70. The van der Waals surface area contributed by atoms with Crippen molar-refractivity contribution >= 4 is 12.0 Å². The quantitative estimate of drug-likeness (QED) is 0.838. The summed E-state index contributed by atoms with van der Waals surface area (Å²) < 4.78 is 5.06. The molecule has 106 valence electrons. The van der Waals surface area contributed by atoms with Gasteiger partial charge in [0.05, 0.1) is 6.04 Å². The van der Waals surface area contributed by atoms with Gasteiger partial charge in [-0.25, -0.2) is 4.79 Å². The summed E-state index contributed by atoms with van der Waals surface area (Å²) in [6, 6.07) is -0.331. The number of ether oxygens (including phenoxy) is 1. The van der Waals surface area contributed by atoms with Crippen LogP contribution in [-0.2, 0) is 9.53 Å². The molecule has 5 nitrogen and oxygen atoms in total. The van der Waals surface area contributed by atoms with Gasteiger partial charge in [-0.2, -0.15) is 0 Å². The number of amides is 2. The molecule has 0 aromatic rings. The van der Waals surface area contributed by atoms with E-state index >= 15 is 0 Å². The summed E-state index contributed by atoms with van der Waals surface area (Å²) in [4.78, 5) is 25.4. The van der Waals surface area contributed by atoms with Crippen LogP contribution in [0.1, 0.15) is 41.0 Å². The minimum atomic E-state index is -0.692. The molecule has 1 N–H and O–H groups in total. The van der Waals surface area contributed by atoms with Crippen molar-refractivity contribution in [3.63, 3.8) is 0 Å². The monoisotopic (exact) mass is 258 g/mol. The molecule has 0 fully saturated rings. The van der Waals surface area contributed by atoms with Crippen LogP contribution < -0.4 is 5.32 Å². The van der Waals surface area contributed by atoms with Gasteiger partial charge in [-0.15, -0.1) is 0 Å². The van der Waals surface area contributed by atoms with Crippen molar-refractivity contribution in [1.82, 2.24) is 10.2 Å². The Morgan fingerprint density at radius 2 is 1.78 bits per heavy atom. The van der Waals surface area contributed by atoms with Gasteiger partial charge in [-0.1, -0.05) is 20.3 Å². The summed E-state index contributed by atoms with van der Waals surface area (Å²) in [5.74, 6) is -0.147. The maximum atomic E-state index is 12.0. The van der Waals surface area contributed by atoms with Crippen molar-refractivity contribution in [2.24, 2.45) is 5.92 Å². The van der Waals surface area contributed by atoms with Crippen LogP contribution in [0.3, 0.4) is 0 Å². The van der Waals surface area contributed by atoms with E-state index < -0.39 is 11.7 Å². The highest BCUT2D eigenvalue weighted by Crippen LogP contribution is 2.13. The van der Waals surface area contributed by atoms with Crippen LogP contribution in [0.25, 0.3) is 0 Å². The Bertz CT molecular complexity index is 295. The molecule has 0 radical (unpaired) electrons.